The smallest absolute Gasteiger partial charge is 0.251 e. The molecule has 0 saturated carbocycles. The van der Waals surface area contributed by atoms with Gasteiger partial charge in [0.05, 0.1) is 18.4 Å². The number of nitrogens with zero attached hydrogens (tertiary/aromatic N) is 2. The van der Waals surface area contributed by atoms with Gasteiger partial charge in [0.2, 0.25) is 0 Å². The van der Waals surface area contributed by atoms with Crippen LogP contribution < -0.4 is 5.73 Å². The number of aromatic nitrogens is 2. The number of hydrogen-bond donors (Lipinski definition) is 4. The van der Waals surface area contributed by atoms with E-state index in [9.17, 15) is 15.0 Å². The zero-order valence-corrected chi connectivity index (χ0v) is 8.80. The van der Waals surface area contributed by atoms with Gasteiger partial charge in [-0.3, -0.25) is 4.79 Å². The third-order valence-corrected chi connectivity index (χ3v) is 2.66. The van der Waals surface area contributed by atoms with Crippen LogP contribution >= 0.6 is 0 Å². The lowest BCUT2D eigenvalue weighted by Crippen LogP contribution is -2.33. The van der Waals surface area contributed by atoms with Crippen LogP contribution in [-0.4, -0.2) is 55.9 Å². The monoisotopic (exact) mass is 243 g/mol. The van der Waals surface area contributed by atoms with Gasteiger partial charge in [0.1, 0.15) is 18.3 Å². The van der Waals surface area contributed by atoms with E-state index in [2.05, 4.69) is 5.10 Å². The zero-order chi connectivity index (χ0) is 12.6. The summed E-state index contributed by atoms with van der Waals surface area (Å²) in [5, 5.41) is 32.0. The topological polar surface area (TPSA) is 131 Å². The second-order valence-corrected chi connectivity index (χ2v) is 3.80. The summed E-state index contributed by atoms with van der Waals surface area (Å²) in [5.74, 6) is -0.650. The van der Waals surface area contributed by atoms with Crippen LogP contribution in [0.4, 0.5) is 0 Å². The Morgan fingerprint density at radius 2 is 2.24 bits per heavy atom. The molecular weight excluding hydrogens is 230 g/mol. The summed E-state index contributed by atoms with van der Waals surface area (Å²) in [4.78, 5) is 10.9. The fourth-order valence-corrected chi connectivity index (χ4v) is 1.70. The van der Waals surface area contributed by atoms with Crippen LogP contribution in [0, 0.1) is 0 Å². The molecule has 17 heavy (non-hydrogen) atoms. The Bertz CT molecular complexity index is 421. The molecule has 1 amide bonds. The van der Waals surface area contributed by atoms with Crippen molar-refractivity contribution < 1.29 is 24.9 Å². The average molecular weight is 243 g/mol. The van der Waals surface area contributed by atoms with E-state index < -0.39 is 37.1 Å². The first-order valence-electron chi connectivity index (χ1n) is 5.01. The lowest BCUT2D eigenvalue weighted by molar-refractivity contribution is -0.0586. The van der Waals surface area contributed by atoms with Crippen molar-refractivity contribution in [3.05, 3.63) is 18.0 Å². The van der Waals surface area contributed by atoms with Gasteiger partial charge < -0.3 is 25.8 Å². The van der Waals surface area contributed by atoms with Gasteiger partial charge in [0.25, 0.3) is 5.91 Å². The molecule has 1 aromatic heterocycles. The van der Waals surface area contributed by atoms with Crippen LogP contribution in [0.5, 0.6) is 0 Å². The number of aliphatic hydroxyl groups is 3. The first-order chi connectivity index (χ1) is 8.04. The zero-order valence-electron chi connectivity index (χ0n) is 8.80. The number of carbonyl (C=O) groups is 1. The summed E-state index contributed by atoms with van der Waals surface area (Å²) in [5.41, 5.74) is 5.23. The van der Waals surface area contributed by atoms with Gasteiger partial charge in [0, 0.05) is 6.20 Å². The predicted octanol–water partition coefficient (Wildman–Crippen LogP) is -2.41. The largest absolute Gasteiger partial charge is 0.394 e. The van der Waals surface area contributed by atoms with Crippen LogP contribution in [0.25, 0.3) is 0 Å². The average Bonchev–Trinajstić information content (AvgIpc) is 2.87. The molecule has 0 radical (unpaired) electrons. The molecule has 2 heterocycles. The van der Waals surface area contributed by atoms with Crippen molar-refractivity contribution in [3.63, 3.8) is 0 Å². The van der Waals surface area contributed by atoms with E-state index in [1.54, 1.807) is 0 Å². The van der Waals surface area contributed by atoms with E-state index in [-0.39, 0.29) is 5.56 Å². The number of rotatable bonds is 3. The molecule has 94 valence electrons. The Morgan fingerprint density at radius 3 is 2.71 bits per heavy atom. The Kier molecular flexibility index (Phi) is 3.11. The first kappa shape index (κ1) is 12.0. The molecule has 1 saturated heterocycles. The Balaban J connectivity index is 2.19. The van der Waals surface area contributed by atoms with Crippen molar-refractivity contribution in [3.8, 4) is 0 Å². The molecule has 1 aliphatic rings. The van der Waals surface area contributed by atoms with E-state index in [0.717, 1.165) is 0 Å². The van der Waals surface area contributed by atoms with Gasteiger partial charge in [-0.1, -0.05) is 0 Å². The summed E-state index contributed by atoms with van der Waals surface area (Å²) in [7, 11) is 0. The number of aliphatic hydroxyl groups excluding tert-OH is 3. The molecule has 2 rings (SSSR count). The minimum absolute atomic E-state index is 0.169. The van der Waals surface area contributed by atoms with Crippen molar-refractivity contribution in [2.75, 3.05) is 6.61 Å². The fourth-order valence-electron chi connectivity index (χ4n) is 1.70. The van der Waals surface area contributed by atoms with Gasteiger partial charge in [-0.05, 0) is 0 Å². The van der Waals surface area contributed by atoms with E-state index >= 15 is 0 Å². The molecule has 0 aromatic carbocycles. The van der Waals surface area contributed by atoms with E-state index in [1.165, 1.54) is 17.1 Å². The van der Waals surface area contributed by atoms with Crippen LogP contribution in [0.3, 0.4) is 0 Å². The highest BCUT2D eigenvalue weighted by atomic mass is 16.6. The van der Waals surface area contributed by atoms with E-state index in [0.29, 0.717) is 0 Å². The molecule has 8 heteroatoms. The number of carbonyl (C=O) groups excluding carboxylic acids is 1. The minimum atomic E-state index is -1.23. The van der Waals surface area contributed by atoms with Crippen molar-refractivity contribution >= 4 is 5.91 Å². The van der Waals surface area contributed by atoms with Gasteiger partial charge in [-0.2, -0.15) is 5.10 Å². The molecule has 0 spiro atoms. The number of ether oxygens (including phenoxy) is 1. The molecule has 0 bridgehead atoms. The number of nitrogens with two attached hydrogens (primary N) is 1. The summed E-state index contributed by atoms with van der Waals surface area (Å²) in [6.07, 6.45) is -1.72. The Hall–Kier alpha value is -1.48. The van der Waals surface area contributed by atoms with Crippen LogP contribution in [0.15, 0.2) is 12.4 Å². The molecule has 1 aromatic rings. The van der Waals surface area contributed by atoms with E-state index in [1.807, 2.05) is 0 Å². The molecule has 1 fully saturated rings. The first-order valence-corrected chi connectivity index (χ1v) is 5.01. The van der Waals surface area contributed by atoms with Crippen molar-refractivity contribution in [2.45, 2.75) is 24.5 Å². The molecule has 8 nitrogen and oxygen atoms in total. The second kappa shape index (κ2) is 4.41. The summed E-state index contributed by atoms with van der Waals surface area (Å²) in [6, 6.07) is 0. The SMILES string of the molecule is NC(=O)c1cnn([C@@H]2O[C@H](CO)C(O)[C@@H]2O)c1. The highest BCUT2D eigenvalue weighted by Gasteiger charge is 2.43. The number of amides is 1. The molecule has 1 unspecified atom stereocenters. The molecule has 1 aliphatic heterocycles. The Morgan fingerprint density at radius 1 is 1.53 bits per heavy atom. The van der Waals surface area contributed by atoms with Gasteiger partial charge in [-0.15, -0.1) is 0 Å². The summed E-state index contributed by atoms with van der Waals surface area (Å²) >= 11 is 0. The van der Waals surface area contributed by atoms with Crippen LogP contribution in [-0.2, 0) is 4.74 Å². The molecule has 5 N–H and O–H groups in total. The number of hydrogen-bond acceptors (Lipinski definition) is 6. The quantitative estimate of drug-likeness (QED) is 0.468. The third-order valence-electron chi connectivity index (χ3n) is 2.66. The molecule has 0 aliphatic carbocycles. The third kappa shape index (κ3) is 2.03. The second-order valence-electron chi connectivity index (χ2n) is 3.80. The number of primary amides is 1. The van der Waals surface area contributed by atoms with Crippen molar-refractivity contribution in [2.24, 2.45) is 5.73 Å². The minimum Gasteiger partial charge on any atom is -0.394 e. The summed E-state index contributed by atoms with van der Waals surface area (Å²) in [6.45, 7) is -0.418. The maximum absolute atomic E-state index is 10.9. The van der Waals surface area contributed by atoms with Gasteiger partial charge in [-0.25, -0.2) is 4.68 Å². The van der Waals surface area contributed by atoms with Crippen LogP contribution in [0.2, 0.25) is 0 Å². The maximum atomic E-state index is 10.9. The molecular formula is C9H13N3O5. The highest BCUT2D eigenvalue weighted by Crippen LogP contribution is 2.28. The Labute approximate surface area is 96.2 Å². The predicted molar refractivity (Wildman–Crippen MR) is 53.8 cm³/mol. The lowest BCUT2D eigenvalue weighted by atomic mass is 10.1. The van der Waals surface area contributed by atoms with Crippen LogP contribution in [0.1, 0.15) is 16.6 Å². The molecule has 4 atom stereocenters. The van der Waals surface area contributed by atoms with E-state index in [4.69, 9.17) is 15.6 Å². The standard InChI is InChI=1S/C9H13N3O5/c10-8(16)4-1-11-12(2-4)9-7(15)6(14)5(3-13)17-9/h1-2,5-7,9,13-15H,3H2,(H2,10,16)/t5-,6?,7+,9-/m1/s1. The maximum Gasteiger partial charge on any atom is 0.251 e. The normalized spacial score (nSPS) is 32.9. The van der Waals surface area contributed by atoms with Gasteiger partial charge in [0.15, 0.2) is 6.23 Å². The van der Waals surface area contributed by atoms with Crippen molar-refractivity contribution in [1.29, 1.82) is 0 Å². The lowest BCUT2D eigenvalue weighted by Gasteiger charge is -2.14. The highest BCUT2D eigenvalue weighted by molar-refractivity contribution is 5.92. The van der Waals surface area contributed by atoms with Crippen molar-refractivity contribution in [1.82, 2.24) is 9.78 Å². The van der Waals surface area contributed by atoms with Gasteiger partial charge >= 0.3 is 0 Å². The summed E-state index contributed by atoms with van der Waals surface area (Å²) < 4.78 is 6.40. The fraction of sp³-hybridized carbons (Fsp3) is 0.556.